The number of nitrogens with zero attached hydrogens (tertiary/aromatic N) is 1. The lowest BCUT2D eigenvalue weighted by Gasteiger charge is -2.44. The molecule has 4 atom stereocenters. The highest BCUT2D eigenvalue weighted by Crippen LogP contribution is 2.60. The fourth-order valence-electron chi connectivity index (χ4n) is 8.78. The van der Waals surface area contributed by atoms with E-state index in [-0.39, 0.29) is 31.4 Å². The molecule has 8 nitrogen and oxygen atoms in total. The van der Waals surface area contributed by atoms with Gasteiger partial charge in [-0.25, -0.2) is 0 Å². The Hall–Kier alpha value is -3.00. The van der Waals surface area contributed by atoms with Crippen molar-refractivity contribution >= 4 is 23.6 Å². The molecule has 1 aliphatic heterocycles. The SMILES string of the molecule is C=C1CCCCC1=CC=C1CCCC2(C)C1CCC2C(C)CCCC(=O)NCCC(C)(C)OCC(C)(C)NC(=O)CCN1C(=O)C=CC1=O. The molecule has 0 aromatic rings. The van der Waals surface area contributed by atoms with Gasteiger partial charge in [0.1, 0.15) is 0 Å². The molecule has 49 heavy (non-hydrogen) atoms. The number of carbonyl (C=O) groups excluding carboxylic acids is 4. The van der Waals surface area contributed by atoms with Gasteiger partial charge in [-0.05, 0) is 133 Å². The number of allylic oxidation sites excluding steroid dienone is 5. The Labute approximate surface area is 295 Å². The van der Waals surface area contributed by atoms with Crippen LogP contribution >= 0.6 is 0 Å². The third-order valence-corrected chi connectivity index (χ3v) is 11.7. The second-order valence-corrected chi connectivity index (χ2v) is 16.7. The number of carbonyl (C=O) groups is 4. The first-order valence-corrected chi connectivity index (χ1v) is 18.9. The van der Waals surface area contributed by atoms with Gasteiger partial charge >= 0.3 is 0 Å². The van der Waals surface area contributed by atoms with Crippen molar-refractivity contribution in [3.8, 4) is 0 Å². The van der Waals surface area contributed by atoms with E-state index in [2.05, 4.69) is 43.2 Å². The Bertz CT molecular complexity index is 1320. The van der Waals surface area contributed by atoms with Crippen LogP contribution in [0.4, 0.5) is 0 Å². The zero-order chi connectivity index (χ0) is 35.8. The van der Waals surface area contributed by atoms with E-state index in [1.54, 1.807) is 5.57 Å². The minimum Gasteiger partial charge on any atom is -0.373 e. The standard InChI is InChI=1S/C41H63N3O5/c1-29-12-8-9-14-31(29)17-18-32-15-11-24-41(7)33(19-20-34(32)41)30(2)13-10-16-35(45)42-26-25-40(5,6)49-28-39(3,4)43-36(46)23-27-44-37(47)21-22-38(44)48/h17-18,21-22,30,33-34H,1,8-16,19-20,23-28H2,2-7H3,(H,42,45)(H,43,46). The maximum Gasteiger partial charge on any atom is 0.253 e. The summed E-state index contributed by atoms with van der Waals surface area (Å²) in [5.74, 6) is 1.07. The van der Waals surface area contributed by atoms with Crippen LogP contribution in [0.5, 0.6) is 0 Å². The number of hydrogen-bond acceptors (Lipinski definition) is 5. The van der Waals surface area contributed by atoms with Gasteiger partial charge in [-0.2, -0.15) is 0 Å². The number of amides is 4. The van der Waals surface area contributed by atoms with E-state index in [0.29, 0.717) is 42.6 Å². The second kappa shape index (κ2) is 16.8. The number of ether oxygens (including phenoxy) is 1. The van der Waals surface area contributed by atoms with E-state index in [9.17, 15) is 19.2 Å². The predicted octanol–water partition coefficient (Wildman–Crippen LogP) is 7.50. The molecular formula is C41H63N3O5. The minimum absolute atomic E-state index is 0.0329. The first-order chi connectivity index (χ1) is 23.1. The molecule has 0 spiro atoms. The molecule has 0 saturated heterocycles. The van der Waals surface area contributed by atoms with E-state index in [4.69, 9.17) is 4.74 Å². The second-order valence-electron chi connectivity index (χ2n) is 16.7. The van der Waals surface area contributed by atoms with Crippen LogP contribution in [0.15, 0.2) is 47.6 Å². The molecule has 8 heteroatoms. The summed E-state index contributed by atoms with van der Waals surface area (Å²) in [7, 11) is 0. The first-order valence-electron chi connectivity index (χ1n) is 18.9. The van der Waals surface area contributed by atoms with Crippen molar-refractivity contribution in [2.24, 2.45) is 23.2 Å². The molecule has 4 amide bonds. The number of fused-ring (bicyclic) bond motifs is 1. The van der Waals surface area contributed by atoms with Crippen LogP contribution in [-0.4, -0.2) is 59.4 Å². The molecule has 4 rings (SSSR count). The molecule has 0 aromatic heterocycles. The topological polar surface area (TPSA) is 105 Å². The molecule has 3 aliphatic carbocycles. The highest BCUT2D eigenvalue weighted by Gasteiger charge is 2.50. The molecule has 272 valence electrons. The zero-order valence-electron chi connectivity index (χ0n) is 31.3. The lowest BCUT2D eigenvalue weighted by atomic mass is 9.60. The quantitative estimate of drug-likeness (QED) is 0.165. The van der Waals surface area contributed by atoms with Gasteiger partial charge in [0.15, 0.2) is 0 Å². The van der Waals surface area contributed by atoms with Crippen molar-refractivity contribution < 1.29 is 23.9 Å². The van der Waals surface area contributed by atoms with Crippen molar-refractivity contribution in [3.63, 3.8) is 0 Å². The van der Waals surface area contributed by atoms with Crippen LogP contribution < -0.4 is 10.6 Å². The van der Waals surface area contributed by atoms with E-state index >= 15 is 0 Å². The maximum atomic E-state index is 12.8. The molecule has 4 unspecified atom stereocenters. The third kappa shape index (κ3) is 10.7. The third-order valence-electron chi connectivity index (χ3n) is 11.7. The molecule has 2 N–H and O–H groups in total. The number of nitrogens with one attached hydrogen (secondary N) is 2. The normalized spacial score (nSPS) is 26.8. The molecule has 0 aromatic carbocycles. The zero-order valence-corrected chi connectivity index (χ0v) is 31.3. The number of imide groups is 1. The Morgan fingerprint density at radius 3 is 2.45 bits per heavy atom. The molecule has 4 aliphatic rings. The monoisotopic (exact) mass is 677 g/mol. The van der Waals surface area contributed by atoms with Crippen LogP contribution in [0.3, 0.4) is 0 Å². The summed E-state index contributed by atoms with van der Waals surface area (Å²) in [6.07, 6.45) is 21.8. The van der Waals surface area contributed by atoms with Crippen molar-refractivity contribution in [2.75, 3.05) is 19.7 Å². The minimum atomic E-state index is -0.639. The molecular weight excluding hydrogens is 614 g/mol. The highest BCUT2D eigenvalue weighted by atomic mass is 16.5. The lowest BCUT2D eigenvalue weighted by Crippen LogP contribution is -2.49. The Morgan fingerprint density at radius 2 is 1.73 bits per heavy atom. The summed E-state index contributed by atoms with van der Waals surface area (Å²) in [5.41, 5.74) is 3.70. The van der Waals surface area contributed by atoms with E-state index < -0.39 is 23.0 Å². The summed E-state index contributed by atoms with van der Waals surface area (Å²) in [4.78, 5) is 49.7. The largest absolute Gasteiger partial charge is 0.373 e. The molecule has 0 bridgehead atoms. The van der Waals surface area contributed by atoms with Gasteiger partial charge in [0.2, 0.25) is 11.8 Å². The van der Waals surface area contributed by atoms with Gasteiger partial charge in [0.25, 0.3) is 11.8 Å². The van der Waals surface area contributed by atoms with E-state index in [1.165, 1.54) is 74.7 Å². The number of rotatable bonds is 16. The average Bonchev–Trinajstić information content (AvgIpc) is 3.56. The predicted molar refractivity (Wildman–Crippen MR) is 195 cm³/mol. The van der Waals surface area contributed by atoms with Crippen LogP contribution in [0.25, 0.3) is 0 Å². The van der Waals surface area contributed by atoms with Crippen LogP contribution in [0, 0.1) is 23.2 Å². The Kier molecular flexibility index (Phi) is 13.3. The number of hydrogen-bond donors (Lipinski definition) is 2. The van der Waals surface area contributed by atoms with Crippen molar-refractivity contribution in [1.82, 2.24) is 15.5 Å². The smallest absolute Gasteiger partial charge is 0.253 e. The summed E-state index contributed by atoms with van der Waals surface area (Å²) < 4.78 is 6.16. The van der Waals surface area contributed by atoms with E-state index in [0.717, 1.165) is 24.2 Å². The van der Waals surface area contributed by atoms with Crippen LogP contribution in [-0.2, 0) is 23.9 Å². The van der Waals surface area contributed by atoms with Gasteiger partial charge in [-0.1, -0.05) is 43.7 Å². The highest BCUT2D eigenvalue weighted by molar-refractivity contribution is 6.13. The summed E-state index contributed by atoms with van der Waals surface area (Å²) in [6.45, 7) is 17.9. The first kappa shape index (κ1) is 38.8. The van der Waals surface area contributed by atoms with Crippen molar-refractivity contribution in [2.45, 2.75) is 143 Å². The summed E-state index contributed by atoms with van der Waals surface area (Å²) in [5, 5.41) is 6.03. The molecule has 3 fully saturated rings. The maximum absolute atomic E-state index is 12.8. The summed E-state index contributed by atoms with van der Waals surface area (Å²) in [6, 6.07) is 0. The fraction of sp³-hybridized carbons (Fsp3) is 0.707. The van der Waals surface area contributed by atoms with Crippen molar-refractivity contribution in [1.29, 1.82) is 0 Å². The Morgan fingerprint density at radius 1 is 1.02 bits per heavy atom. The van der Waals surface area contributed by atoms with Gasteiger partial charge in [-0.3, -0.25) is 24.1 Å². The van der Waals surface area contributed by atoms with Gasteiger partial charge in [0.05, 0.1) is 17.7 Å². The van der Waals surface area contributed by atoms with Crippen LogP contribution in [0.2, 0.25) is 0 Å². The van der Waals surface area contributed by atoms with Gasteiger partial charge < -0.3 is 15.4 Å². The molecule has 3 saturated carbocycles. The van der Waals surface area contributed by atoms with Gasteiger partial charge in [0, 0.05) is 38.1 Å². The molecule has 1 heterocycles. The van der Waals surface area contributed by atoms with E-state index in [1.807, 2.05) is 27.7 Å². The Balaban J connectivity index is 1.13. The summed E-state index contributed by atoms with van der Waals surface area (Å²) >= 11 is 0. The fourth-order valence-corrected chi connectivity index (χ4v) is 8.78. The van der Waals surface area contributed by atoms with Crippen molar-refractivity contribution in [3.05, 3.63) is 47.6 Å². The average molecular weight is 678 g/mol. The van der Waals surface area contributed by atoms with Crippen LogP contribution in [0.1, 0.15) is 131 Å². The lowest BCUT2D eigenvalue weighted by molar-refractivity contribution is -0.137. The molecule has 0 radical (unpaired) electrons. The van der Waals surface area contributed by atoms with Gasteiger partial charge in [-0.15, -0.1) is 0 Å².